The molecule has 0 aromatic heterocycles. The van der Waals surface area contributed by atoms with E-state index < -0.39 is 5.60 Å². The lowest BCUT2D eigenvalue weighted by atomic mass is 9.74. The number of benzene rings is 2. The minimum Gasteiger partial charge on any atom is -0.444 e. The van der Waals surface area contributed by atoms with Gasteiger partial charge in [0, 0.05) is 18.2 Å². The van der Waals surface area contributed by atoms with Gasteiger partial charge in [0.05, 0.1) is 12.1 Å². The summed E-state index contributed by atoms with van der Waals surface area (Å²) in [6, 6.07) is 19.2. The van der Waals surface area contributed by atoms with Crippen molar-refractivity contribution >= 4 is 11.8 Å². The van der Waals surface area contributed by atoms with E-state index in [0.29, 0.717) is 5.92 Å². The number of rotatable bonds is 1. The number of carbonyl (C=O) groups excluding carboxylic acids is 1. The molecule has 3 atom stereocenters. The van der Waals surface area contributed by atoms with Crippen LogP contribution in [0.15, 0.2) is 54.6 Å². The van der Waals surface area contributed by atoms with Gasteiger partial charge < -0.3 is 15.0 Å². The summed E-state index contributed by atoms with van der Waals surface area (Å²) in [5.41, 5.74) is 3.09. The largest absolute Gasteiger partial charge is 0.444 e. The Morgan fingerprint density at radius 2 is 1.78 bits per heavy atom. The van der Waals surface area contributed by atoms with E-state index in [1.54, 1.807) is 0 Å². The highest BCUT2D eigenvalue weighted by atomic mass is 16.6. The van der Waals surface area contributed by atoms with Crippen LogP contribution in [0.3, 0.4) is 0 Å². The number of hydrogen-bond acceptors (Lipinski definition) is 3. The van der Waals surface area contributed by atoms with Crippen LogP contribution in [0, 0.1) is 5.92 Å². The number of fused-ring (bicyclic) bond motifs is 3. The van der Waals surface area contributed by atoms with E-state index in [4.69, 9.17) is 4.74 Å². The zero-order valence-corrected chi connectivity index (χ0v) is 16.3. The molecule has 1 saturated heterocycles. The van der Waals surface area contributed by atoms with Gasteiger partial charge in [-0.15, -0.1) is 0 Å². The summed E-state index contributed by atoms with van der Waals surface area (Å²) in [6.07, 6.45) is 1.87. The van der Waals surface area contributed by atoms with E-state index >= 15 is 0 Å². The molecule has 0 unspecified atom stereocenters. The molecule has 27 heavy (non-hydrogen) atoms. The normalized spacial score (nSPS) is 24.4. The highest BCUT2D eigenvalue weighted by Gasteiger charge is 2.45. The van der Waals surface area contributed by atoms with Crippen molar-refractivity contribution in [2.75, 3.05) is 11.9 Å². The van der Waals surface area contributed by atoms with Crippen LogP contribution in [-0.2, 0) is 4.74 Å². The van der Waals surface area contributed by atoms with Crippen molar-refractivity contribution in [2.45, 2.75) is 51.3 Å². The molecule has 4 rings (SSSR count). The molecule has 1 N–H and O–H groups in total. The summed E-state index contributed by atoms with van der Waals surface area (Å²) in [5, 5.41) is 3.74. The number of piperidine rings is 1. The third kappa shape index (κ3) is 3.53. The van der Waals surface area contributed by atoms with E-state index in [1.807, 2.05) is 31.7 Å². The predicted octanol–water partition coefficient (Wildman–Crippen LogP) is 5.54. The Hall–Kier alpha value is -2.49. The maximum absolute atomic E-state index is 13.0. The second-order valence-electron chi connectivity index (χ2n) is 8.54. The van der Waals surface area contributed by atoms with E-state index in [-0.39, 0.29) is 18.2 Å². The van der Waals surface area contributed by atoms with Gasteiger partial charge in [-0.3, -0.25) is 0 Å². The third-order valence-electron chi connectivity index (χ3n) is 5.48. The van der Waals surface area contributed by atoms with Crippen LogP contribution < -0.4 is 5.32 Å². The highest BCUT2D eigenvalue weighted by molar-refractivity contribution is 5.71. The van der Waals surface area contributed by atoms with Gasteiger partial charge in [0.2, 0.25) is 0 Å². The van der Waals surface area contributed by atoms with Crippen molar-refractivity contribution in [2.24, 2.45) is 5.92 Å². The summed E-state index contributed by atoms with van der Waals surface area (Å²) in [5.74, 6) is 0.323. The molecule has 1 fully saturated rings. The average Bonchev–Trinajstić information content (AvgIpc) is 2.66. The summed E-state index contributed by atoms with van der Waals surface area (Å²) in [6.45, 7) is 6.52. The Kier molecular flexibility index (Phi) is 4.58. The smallest absolute Gasteiger partial charge is 0.410 e. The Balaban J connectivity index is 1.74. The molecular formula is C23H28N2O2. The van der Waals surface area contributed by atoms with Gasteiger partial charge in [0.15, 0.2) is 0 Å². The van der Waals surface area contributed by atoms with E-state index in [1.165, 1.54) is 11.1 Å². The lowest BCUT2D eigenvalue weighted by molar-refractivity contribution is -0.00379. The monoisotopic (exact) mass is 364 g/mol. The molecule has 0 spiro atoms. The SMILES string of the molecule is CC(C)(C)OC(=O)N1CCC[C@H]2[C@@H](c3ccccc3)Nc3ccccc3[C@H]21. The van der Waals surface area contributed by atoms with Gasteiger partial charge in [-0.05, 0) is 50.8 Å². The lowest BCUT2D eigenvalue weighted by Crippen LogP contribution is -2.49. The highest BCUT2D eigenvalue weighted by Crippen LogP contribution is 2.50. The van der Waals surface area contributed by atoms with E-state index in [0.717, 1.165) is 25.1 Å². The number of anilines is 1. The lowest BCUT2D eigenvalue weighted by Gasteiger charge is -2.48. The van der Waals surface area contributed by atoms with Crippen molar-refractivity contribution < 1.29 is 9.53 Å². The van der Waals surface area contributed by atoms with Crippen molar-refractivity contribution in [3.8, 4) is 0 Å². The third-order valence-corrected chi connectivity index (χ3v) is 5.48. The average molecular weight is 364 g/mol. The fourth-order valence-corrected chi connectivity index (χ4v) is 4.45. The maximum Gasteiger partial charge on any atom is 0.410 e. The summed E-state index contributed by atoms with van der Waals surface area (Å²) in [4.78, 5) is 15.0. The van der Waals surface area contributed by atoms with Gasteiger partial charge in [0.25, 0.3) is 0 Å². The molecule has 4 heteroatoms. The molecule has 0 saturated carbocycles. The van der Waals surface area contributed by atoms with E-state index in [2.05, 4.69) is 53.8 Å². The molecule has 2 aromatic rings. The van der Waals surface area contributed by atoms with Crippen molar-refractivity contribution in [3.63, 3.8) is 0 Å². The quantitative estimate of drug-likeness (QED) is 0.722. The summed E-state index contributed by atoms with van der Waals surface area (Å²) >= 11 is 0. The number of para-hydroxylation sites is 1. The first kappa shape index (κ1) is 17.9. The molecule has 1 amide bonds. The minimum absolute atomic E-state index is 0.0382. The van der Waals surface area contributed by atoms with Crippen molar-refractivity contribution in [1.82, 2.24) is 4.90 Å². The number of hydrogen-bond donors (Lipinski definition) is 1. The molecule has 142 valence electrons. The number of likely N-dealkylation sites (tertiary alicyclic amines) is 1. The number of amides is 1. The molecule has 2 aromatic carbocycles. The Labute approximate surface area is 161 Å². The number of nitrogens with zero attached hydrogens (tertiary/aromatic N) is 1. The van der Waals surface area contributed by atoms with Crippen LogP contribution in [0.1, 0.15) is 56.8 Å². The van der Waals surface area contributed by atoms with Gasteiger partial charge in [-0.1, -0.05) is 48.5 Å². The Morgan fingerprint density at radius 3 is 2.52 bits per heavy atom. The van der Waals surface area contributed by atoms with Gasteiger partial charge >= 0.3 is 6.09 Å². The van der Waals surface area contributed by atoms with Crippen LogP contribution in [0.2, 0.25) is 0 Å². The molecule has 2 aliphatic rings. The second-order valence-corrected chi connectivity index (χ2v) is 8.54. The molecule has 0 bridgehead atoms. The standard InChI is InChI=1S/C23H28N2O2/c1-23(2,3)27-22(26)25-15-9-13-18-20(16-10-5-4-6-11-16)24-19-14-8-7-12-17(19)21(18)25/h4-8,10-12,14,18,20-21,24H,9,13,15H2,1-3H3/t18-,20+,21+/m0/s1. The van der Waals surface area contributed by atoms with Crippen LogP contribution in [-0.4, -0.2) is 23.1 Å². The molecule has 0 aliphatic carbocycles. The zero-order chi connectivity index (χ0) is 19.0. The number of nitrogens with one attached hydrogen (secondary N) is 1. The van der Waals surface area contributed by atoms with Crippen LogP contribution in [0.25, 0.3) is 0 Å². The molecular weight excluding hydrogens is 336 g/mol. The predicted molar refractivity (Wildman–Crippen MR) is 108 cm³/mol. The number of carbonyl (C=O) groups is 1. The van der Waals surface area contributed by atoms with Gasteiger partial charge in [-0.25, -0.2) is 4.79 Å². The second kappa shape index (κ2) is 6.91. The van der Waals surface area contributed by atoms with Crippen LogP contribution >= 0.6 is 0 Å². The first-order valence-corrected chi connectivity index (χ1v) is 9.84. The minimum atomic E-state index is -0.491. The molecule has 2 heterocycles. The summed E-state index contributed by atoms with van der Waals surface area (Å²) < 4.78 is 5.75. The Bertz CT molecular complexity index is 813. The fraction of sp³-hybridized carbons (Fsp3) is 0.435. The summed E-state index contributed by atoms with van der Waals surface area (Å²) in [7, 11) is 0. The topological polar surface area (TPSA) is 41.6 Å². The molecule has 0 radical (unpaired) electrons. The maximum atomic E-state index is 13.0. The molecule has 2 aliphatic heterocycles. The van der Waals surface area contributed by atoms with Crippen LogP contribution in [0.5, 0.6) is 0 Å². The van der Waals surface area contributed by atoms with Crippen molar-refractivity contribution in [3.05, 3.63) is 65.7 Å². The van der Waals surface area contributed by atoms with Gasteiger partial charge in [-0.2, -0.15) is 0 Å². The van der Waals surface area contributed by atoms with Crippen LogP contribution in [0.4, 0.5) is 10.5 Å². The van der Waals surface area contributed by atoms with Crippen molar-refractivity contribution in [1.29, 1.82) is 0 Å². The first-order chi connectivity index (χ1) is 12.9. The van der Waals surface area contributed by atoms with E-state index in [9.17, 15) is 4.79 Å². The zero-order valence-electron chi connectivity index (χ0n) is 16.3. The fourth-order valence-electron chi connectivity index (χ4n) is 4.45. The number of ether oxygens (including phenoxy) is 1. The molecule has 4 nitrogen and oxygen atoms in total. The van der Waals surface area contributed by atoms with Gasteiger partial charge in [0.1, 0.15) is 5.60 Å². The first-order valence-electron chi connectivity index (χ1n) is 9.84. The Morgan fingerprint density at radius 1 is 1.07 bits per heavy atom.